The molecule has 0 radical (unpaired) electrons. The molecule has 88 valence electrons. The van der Waals surface area contributed by atoms with Gasteiger partial charge in [-0.05, 0) is 41.0 Å². The quantitative estimate of drug-likeness (QED) is 0.840. The van der Waals surface area contributed by atoms with E-state index in [0.717, 1.165) is 19.0 Å². The predicted octanol–water partition coefficient (Wildman–Crippen LogP) is 2.85. The number of hydrogen-bond donors (Lipinski definition) is 1. The highest BCUT2D eigenvalue weighted by Crippen LogP contribution is 2.67. The second kappa shape index (κ2) is 3.85. The maximum absolute atomic E-state index is 4.02. The Morgan fingerprint density at radius 1 is 1.12 bits per heavy atom. The smallest absolute Gasteiger partial charge is 0.0271 e. The van der Waals surface area contributed by atoms with Crippen LogP contribution in [0.5, 0.6) is 0 Å². The van der Waals surface area contributed by atoms with Crippen LogP contribution in [0.1, 0.15) is 33.3 Å². The predicted molar refractivity (Wildman–Crippen MR) is 67.0 cm³/mol. The van der Waals surface area contributed by atoms with E-state index >= 15 is 0 Å². The van der Waals surface area contributed by atoms with Gasteiger partial charge in [-0.25, -0.2) is 0 Å². The molecule has 0 aliphatic heterocycles. The number of nitrogens with zero attached hydrogens (tertiary/aromatic N) is 1. The van der Waals surface area contributed by atoms with Crippen LogP contribution in [0.3, 0.4) is 0 Å². The third-order valence-electron chi connectivity index (χ3n) is 4.75. The monoisotopic (exact) mass is 218 g/mol. The van der Waals surface area contributed by atoms with Gasteiger partial charge in [-0.15, -0.1) is 0 Å². The van der Waals surface area contributed by atoms with E-state index in [9.17, 15) is 0 Å². The second-order valence-electron chi connectivity index (χ2n) is 5.98. The summed E-state index contributed by atoms with van der Waals surface area (Å²) in [5, 5.41) is 3.55. The molecule has 2 rings (SSSR count). The third kappa shape index (κ3) is 1.86. The van der Waals surface area contributed by atoms with Crippen molar-refractivity contribution in [2.24, 2.45) is 16.7 Å². The Kier molecular flexibility index (Phi) is 2.79. The van der Waals surface area contributed by atoms with Gasteiger partial charge < -0.3 is 5.32 Å². The van der Waals surface area contributed by atoms with Crippen LogP contribution >= 0.6 is 0 Å². The van der Waals surface area contributed by atoms with Gasteiger partial charge in [-0.3, -0.25) is 4.98 Å². The lowest BCUT2D eigenvalue weighted by molar-refractivity contribution is 0.457. The summed E-state index contributed by atoms with van der Waals surface area (Å²) >= 11 is 0. The van der Waals surface area contributed by atoms with E-state index in [1.54, 1.807) is 0 Å². The van der Waals surface area contributed by atoms with Crippen LogP contribution < -0.4 is 5.32 Å². The third-order valence-corrected chi connectivity index (χ3v) is 4.75. The van der Waals surface area contributed by atoms with Crippen LogP contribution in [0.4, 0.5) is 0 Å². The molecule has 0 aromatic carbocycles. The zero-order chi connectivity index (χ0) is 11.8. The van der Waals surface area contributed by atoms with Crippen molar-refractivity contribution in [1.29, 1.82) is 0 Å². The molecule has 0 spiro atoms. The van der Waals surface area contributed by atoms with Gasteiger partial charge in [0.2, 0.25) is 0 Å². The normalized spacial score (nSPS) is 22.0. The van der Waals surface area contributed by atoms with Gasteiger partial charge >= 0.3 is 0 Å². The Bertz CT molecular complexity index is 340. The van der Waals surface area contributed by atoms with Gasteiger partial charge in [0.1, 0.15) is 0 Å². The molecule has 1 aromatic rings. The van der Waals surface area contributed by atoms with Crippen LogP contribution in [0, 0.1) is 16.7 Å². The minimum Gasteiger partial charge on any atom is -0.312 e. The van der Waals surface area contributed by atoms with Crippen LogP contribution in [0.25, 0.3) is 0 Å². The van der Waals surface area contributed by atoms with E-state index in [1.807, 2.05) is 12.4 Å². The summed E-state index contributed by atoms with van der Waals surface area (Å²) in [6, 6.07) is 4.13. The minimum atomic E-state index is 0.484. The van der Waals surface area contributed by atoms with Crippen molar-refractivity contribution in [3.8, 4) is 0 Å². The first-order chi connectivity index (χ1) is 7.46. The first kappa shape index (κ1) is 11.6. The van der Waals surface area contributed by atoms with Gasteiger partial charge in [0.15, 0.2) is 0 Å². The highest BCUT2D eigenvalue weighted by Gasteiger charge is 2.63. The molecular formula is C14H22N2. The molecule has 16 heavy (non-hydrogen) atoms. The summed E-state index contributed by atoms with van der Waals surface area (Å²) in [4.78, 5) is 4.02. The number of pyridine rings is 1. The van der Waals surface area contributed by atoms with Crippen molar-refractivity contribution in [2.75, 3.05) is 6.54 Å². The molecule has 1 saturated carbocycles. The summed E-state index contributed by atoms with van der Waals surface area (Å²) in [6.45, 7) is 11.5. The Morgan fingerprint density at radius 3 is 2.19 bits per heavy atom. The fourth-order valence-electron chi connectivity index (χ4n) is 2.70. The molecule has 1 aliphatic carbocycles. The second-order valence-corrected chi connectivity index (χ2v) is 5.98. The standard InChI is InChI=1S/C14H22N2/c1-13(2)12(14(13,3)4)10-16-9-11-5-7-15-8-6-11/h5-8,12,16H,9-10H2,1-4H3. The Balaban J connectivity index is 1.79. The van der Waals surface area contributed by atoms with Gasteiger partial charge in [-0.2, -0.15) is 0 Å². The summed E-state index contributed by atoms with van der Waals surface area (Å²) in [5.41, 5.74) is 2.28. The summed E-state index contributed by atoms with van der Waals surface area (Å²) < 4.78 is 0. The molecule has 1 fully saturated rings. The lowest BCUT2D eigenvalue weighted by Gasteiger charge is -2.05. The molecule has 1 N–H and O–H groups in total. The van der Waals surface area contributed by atoms with Crippen molar-refractivity contribution >= 4 is 0 Å². The molecule has 1 aliphatic rings. The molecule has 0 saturated heterocycles. The van der Waals surface area contributed by atoms with E-state index in [0.29, 0.717) is 10.8 Å². The lowest BCUT2D eigenvalue weighted by atomic mass is 10.0. The van der Waals surface area contributed by atoms with Crippen LogP contribution in [-0.4, -0.2) is 11.5 Å². The van der Waals surface area contributed by atoms with E-state index in [-0.39, 0.29) is 0 Å². The highest BCUT2D eigenvalue weighted by molar-refractivity contribution is 5.14. The van der Waals surface area contributed by atoms with Crippen molar-refractivity contribution in [1.82, 2.24) is 10.3 Å². The largest absolute Gasteiger partial charge is 0.312 e. The molecule has 0 amide bonds. The first-order valence-corrected chi connectivity index (χ1v) is 6.06. The SMILES string of the molecule is CC1(C)C(CNCc2ccncc2)C1(C)C. The number of aromatic nitrogens is 1. The van der Waals surface area contributed by atoms with Crippen molar-refractivity contribution in [2.45, 2.75) is 34.2 Å². The van der Waals surface area contributed by atoms with Crippen molar-refractivity contribution < 1.29 is 0 Å². The van der Waals surface area contributed by atoms with Gasteiger partial charge in [0, 0.05) is 18.9 Å². The first-order valence-electron chi connectivity index (χ1n) is 6.06. The molecule has 1 aromatic heterocycles. The maximum Gasteiger partial charge on any atom is 0.0271 e. The van der Waals surface area contributed by atoms with Gasteiger partial charge in [0.05, 0.1) is 0 Å². The van der Waals surface area contributed by atoms with Crippen molar-refractivity contribution in [3.63, 3.8) is 0 Å². The molecule has 0 atom stereocenters. The average Bonchev–Trinajstić information content (AvgIpc) is 2.62. The van der Waals surface area contributed by atoms with Crippen LogP contribution in [0.15, 0.2) is 24.5 Å². The topological polar surface area (TPSA) is 24.9 Å². The molecule has 0 unspecified atom stereocenters. The lowest BCUT2D eigenvalue weighted by Crippen LogP contribution is -2.18. The van der Waals surface area contributed by atoms with Crippen LogP contribution in [0.2, 0.25) is 0 Å². The van der Waals surface area contributed by atoms with Crippen LogP contribution in [-0.2, 0) is 6.54 Å². The molecule has 1 heterocycles. The van der Waals surface area contributed by atoms with Gasteiger partial charge in [0.25, 0.3) is 0 Å². The molecule has 2 heteroatoms. The number of hydrogen-bond acceptors (Lipinski definition) is 2. The number of rotatable bonds is 4. The molecule has 2 nitrogen and oxygen atoms in total. The average molecular weight is 218 g/mol. The Morgan fingerprint density at radius 2 is 1.69 bits per heavy atom. The Hall–Kier alpha value is -0.890. The summed E-state index contributed by atoms with van der Waals surface area (Å²) in [7, 11) is 0. The van der Waals surface area contributed by atoms with E-state index in [2.05, 4.69) is 50.1 Å². The summed E-state index contributed by atoms with van der Waals surface area (Å²) in [6.07, 6.45) is 3.70. The summed E-state index contributed by atoms with van der Waals surface area (Å²) in [5.74, 6) is 0.793. The highest BCUT2D eigenvalue weighted by atomic mass is 14.9. The van der Waals surface area contributed by atoms with Gasteiger partial charge in [-0.1, -0.05) is 27.7 Å². The van der Waals surface area contributed by atoms with Crippen molar-refractivity contribution in [3.05, 3.63) is 30.1 Å². The maximum atomic E-state index is 4.02. The zero-order valence-electron chi connectivity index (χ0n) is 10.7. The van der Waals surface area contributed by atoms with E-state index in [4.69, 9.17) is 0 Å². The minimum absolute atomic E-state index is 0.484. The van der Waals surface area contributed by atoms with E-state index < -0.39 is 0 Å². The Labute approximate surface area is 98.5 Å². The number of nitrogens with one attached hydrogen (secondary N) is 1. The fraction of sp³-hybridized carbons (Fsp3) is 0.643. The van der Waals surface area contributed by atoms with E-state index in [1.165, 1.54) is 5.56 Å². The zero-order valence-corrected chi connectivity index (χ0v) is 10.7. The molecular weight excluding hydrogens is 196 g/mol. The molecule has 0 bridgehead atoms. The fourth-order valence-corrected chi connectivity index (χ4v) is 2.70.